The zero-order valence-corrected chi connectivity index (χ0v) is 5.93. The SMILES string of the molecule is C/C(=C/I)C(=O)[O-]. The summed E-state index contributed by atoms with van der Waals surface area (Å²) in [5.41, 5.74) is 0.264. The van der Waals surface area contributed by atoms with E-state index in [1.165, 1.54) is 11.0 Å². The molecule has 0 radical (unpaired) electrons. The average Bonchev–Trinajstić information content (AvgIpc) is 1.65. The number of carbonyl (C=O) groups excluding carboxylic acids is 1. The first-order chi connectivity index (χ1) is 3.18. The number of halogens is 1. The molecule has 0 heterocycles. The van der Waals surface area contributed by atoms with Crippen LogP contribution in [-0.2, 0) is 4.79 Å². The quantitative estimate of drug-likeness (QED) is 0.455. The average molecular weight is 211 g/mol. The highest BCUT2D eigenvalue weighted by Gasteiger charge is 1.81. The van der Waals surface area contributed by atoms with Crippen LogP contribution < -0.4 is 5.11 Å². The molecule has 0 saturated carbocycles. The van der Waals surface area contributed by atoms with E-state index in [4.69, 9.17) is 0 Å². The Balaban J connectivity index is 3.82. The summed E-state index contributed by atoms with van der Waals surface area (Å²) in [6.07, 6.45) is 0. The van der Waals surface area contributed by atoms with Gasteiger partial charge < -0.3 is 9.90 Å². The van der Waals surface area contributed by atoms with Crippen molar-refractivity contribution in [1.82, 2.24) is 0 Å². The number of carboxylic acids is 1. The van der Waals surface area contributed by atoms with Gasteiger partial charge in [-0.1, -0.05) is 22.6 Å². The van der Waals surface area contributed by atoms with Crippen LogP contribution in [0.4, 0.5) is 0 Å². The van der Waals surface area contributed by atoms with Crippen LogP contribution in [0.1, 0.15) is 6.92 Å². The third-order valence-corrected chi connectivity index (χ3v) is 1.42. The molecule has 0 fully saturated rings. The summed E-state index contributed by atoms with van der Waals surface area (Å²) in [7, 11) is 0. The van der Waals surface area contributed by atoms with Gasteiger partial charge in [-0.25, -0.2) is 0 Å². The van der Waals surface area contributed by atoms with Crippen molar-refractivity contribution in [2.24, 2.45) is 0 Å². The fourth-order valence-corrected chi connectivity index (χ4v) is 0.299. The van der Waals surface area contributed by atoms with Gasteiger partial charge in [-0.2, -0.15) is 0 Å². The lowest BCUT2D eigenvalue weighted by atomic mass is 10.4. The summed E-state index contributed by atoms with van der Waals surface area (Å²) in [6.45, 7) is 1.49. The Morgan fingerprint density at radius 3 is 2.29 bits per heavy atom. The maximum absolute atomic E-state index is 9.75. The molecule has 3 heteroatoms. The van der Waals surface area contributed by atoms with Crippen LogP contribution in [0.2, 0.25) is 0 Å². The predicted octanol–water partition coefficient (Wildman–Crippen LogP) is 0.0751. The molecule has 0 spiro atoms. The Bertz CT molecular complexity index is 106. The van der Waals surface area contributed by atoms with E-state index in [1.54, 1.807) is 0 Å². The van der Waals surface area contributed by atoms with Gasteiger partial charge in [0, 0.05) is 0 Å². The van der Waals surface area contributed by atoms with Gasteiger partial charge in [-0.05, 0) is 16.6 Å². The molecule has 0 aliphatic rings. The lowest BCUT2D eigenvalue weighted by Gasteiger charge is -1.95. The van der Waals surface area contributed by atoms with Crippen LogP contribution in [0.5, 0.6) is 0 Å². The number of hydrogen-bond acceptors (Lipinski definition) is 2. The maximum atomic E-state index is 9.75. The van der Waals surface area contributed by atoms with Crippen LogP contribution in [0.15, 0.2) is 9.66 Å². The molecule has 0 N–H and O–H groups in total. The van der Waals surface area contributed by atoms with Gasteiger partial charge in [-0.3, -0.25) is 0 Å². The smallest absolute Gasteiger partial charge is 0.0676 e. The second-order valence-corrected chi connectivity index (χ2v) is 1.70. The standard InChI is InChI=1S/C4H5IO2/c1-3(2-5)4(6)7/h2H,1H3,(H,6,7)/p-1/b3-2-. The molecule has 0 aliphatic heterocycles. The Kier molecular flexibility index (Phi) is 2.98. The zero-order valence-electron chi connectivity index (χ0n) is 3.77. The summed E-state index contributed by atoms with van der Waals surface area (Å²) in [4.78, 5) is 9.75. The van der Waals surface area contributed by atoms with Gasteiger partial charge in [0.05, 0.1) is 5.97 Å². The number of carboxylic acid groups (broad SMARTS) is 1. The molecule has 0 rings (SSSR count). The lowest BCUT2D eigenvalue weighted by molar-refractivity contribution is -0.299. The minimum atomic E-state index is -1.10. The molecule has 40 valence electrons. The Labute approximate surface area is 55.4 Å². The van der Waals surface area contributed by atoms with Crippen molar-refractivity contribution < 1.29 is 9.90 Å². The second kappa shape index (κ2) is 3.01. The Morgan fingerprint density at radius 2 is 2.29 bits per heavy atom. The van der Waals surface area contributed by atoms with Gasteiger partial charge in [0.2, 0.25) is 0 Å². The first kappa shape index (κ1) is 6.94. The molecule has 0 bridgehead atoms. The molecule has 0 amide bonds. The third kappa shape index (κ3) is 2.61. The predicted molar refractivity (Wildman–Crippen MR) is 32.8 cm³/mol. The molecular formula is C4H4IO2-. The van der Waals surface area contributed by atoms with Crippen LogP contribution >= 0.6 is 22.6 Å². The van der Waals surface area contributed by atoms with Crippen molar-refractivity contribution in [3.8, 4) is 0 Å². The highest BCUT2D eigenvalue weighted by molar-refractivity contribution is 14.1. The minimum Gasteiger partial charge on any atom is -0.545 e. The van der Waals surface area contributed by atoms with Crippen molar-refractivity contribution in [1.29, 1.82) is 0 Å². The number of hydrogen-bond donors (Lipinski definition) is 0. The Hall–Kier alpha value is -0.0600. The largest absolute Gasteiger partial charge is 0.545 e. The van der Waals surface area contributed by atoms with Crippen LogP contribution in [0.25, 0.3) is 0 Å². The van der Waals surface area contributed by atoms with E-state index >= 15 is 0 Å². The zero-order chi connectivity index (χ0) is 5.86. The van der Waals surface area contributed by atoms with Crippen LogP contribution in [-0.4, -0.2) is 5.97 Å². The van der Waals surface area contributed by atoms with Crippen molar-refractivity contribution >= 4 is 28.6 Å². The van der Waals surface area contributed by atoms with Gasteiger partial charge in [0.25, 0.3) is 0 Å². The summed E-state index contributed by atoms with van der Waals surface area (Å²) < 4.78 is 1.47. The molecule has 0 aromatic carbocycles. The van der Waals surface area contributed by atoms with Crippen LogP contribution in [0.3, 0.4) is 0 Å². The summed E-state index contributed by atoms with van der Waals surface area (Å²) in [6, 6.07) is 0. The van der Waals surface area contributed by atoms with E-state index in [9.17, 15) is 9.90 Å². The topological polar surface area (TPSA) is 40.1 Å². The number of carbonyl (C=O) groups is 1. The van der Waals surface area contributed by atoms with E-state index in [0.717, 1.165) is 0 Å². The van der Waals surface area contributed by atoms with E-state index in [2.05, 4.69) is 0 Å². The van der Waals surface area contributed by atoms with E-state index < -0.39 is 5.97 Å². The number of rotatable bonds is 1. The van der Waals surface area contributed by atoms with E-state index in [0.29, 0.717) is 0 Å². The normalized spacial score (nSPS) is 11.4. The molecule has 0 saturated heterocycles. The molecule has 0 atom stereocenters. The van der Waals surface area contributed by atoms with Gasteiger partial charge in [0.1, 0.15) is 0 Å². The summed E-state index contributed by atoms with van der Waals surface area (Å²) >= 11 is 1.85. The van der Waals surface area contributed by atoms with E-state index in [-0.39, 0.29) is 5.57 Å². The lowest BCUT2D eigenvalue weighted by Crippen LogP contribution is -2.22. The fourth-order valence-electron chi connectivity index (χ4n) is 0.0445. The fraction of sp³-hybridized carbons (Fsp3) is 0.250. The molecule has 0 aliphatic carbocycles. The molecular weight excluding hydrogens is 207 g/mol. The minimum absolute atomic E-state index is 0.264. The van der Waals surface area contributed by atoms with Crippen molar-refractivity contribution in [3.63, 3.8) is 0 Å². The van der Waals surface area contributed by atoms with Gasteiger partial charge >= 0.3 is 0 Å². The first-order valence-electron chi connectivity index (χ1n) is 1.67. The second-order valence-electron chi connectivity index (χ2n) is 1.08. The molecule has 0 aromatic rings. The van der Waals surface area contributed by atoms with Crippen molar-refractivity contribution in [2.75, 3.05) is 0 Å². The van der Waals surface area contributed by atoms with Crippen LogP contribution in [0, 0.1) is 0 Å². The van der Waals surface area contributed by atoms with Gasteiger partial charge in [0.15, 0.2) is 0 Å². The van der Waals surface area contributed by atoms with Crippen molar-refractivity contribution in [2.45, 2.75) is 6.92 Å². The monoisotopic (exact) mass is 211 g/mol. The van der Waals surface area contributed by atoms with E-state index in [1.807, 2.05) is 22.6 Å². The highest BCUT2D eigenvalue weighted by atomic mass is 127. The summed E-state index contributed by atoms with van der Waals surface area (Å²) in [5, 5.41) is 9.75. The molecule has 0 aromatic heterocycles. The first-order valence-corrected chi connectivity index (χ1v) is 2.91. The molecule has 0 unspecified atom stereocenters. The van der Waals surface area contributed by atoms with Crippen molar-refractivity contribution in [3.05, 3.63) is 9.66 Å². The van der Waals surface area contributed by atoms with Gasteiger partial charge in [-0.15, -0.1) is 0 Å². The third-order valence-electron chi connectivity index (χ3n) is 0.486. The summed E-state index contributed by atoms with van der Waals surface area (Å²) in [5.74, 6) is -1.10. The molecule has 7 heavy (non-hydrogen) atoms. The maximum Gasteiger partial charge on any atom is 0.0676 e. The highest BCUT2D eigenvalue weighted by Crippen LogP contribution is 1.93. The Morgan fingerprint density at radius 1 is 1.86 bits per heavy atom. The number of aliphatic carboxylic acids is 1. The molecule has 2 nitrogen and oxygen atoms in total.